The summed E-state index contributed by atoms with van der Waals surface area (Å²) in [4.78, 5) is 9.25. The zero-order valence-electron chi connectivity index (χ0n) is 14.3. The van der Waals surface area contributed by atoms with Crippen LogP contribution < -0.4 is 9.47 Å². The normalized spacial score (nSPS) is 10.8. The van der Waals surface area contributed by atoms with E-state index in [-0.39, 0.29) is 0 Å². The molecule has 5 heteroatoms. The quantitative estimate of drug-likeness (QED) is 0.715. The highest BCUT2D eigenvalue weighted by Gasteiger charge is 2.12. The van der Waals surface area contributed by atoms with Crippen molar-refractivity contribution in [2.75, 3.05) is 21.3 Å². The van der Waals surface area contributed by atoms with Crippen LogP contribution in [0.5, 0.6) is 11.5 Å². The van der Waals surface area contributed by atoms with Gasteiger partial charge in [-0.2, -0.15) is 0 Å². The van der Waals surface area contributed by atoms with Gasteiger partial charge in [0.15, 0.2) is 11.5 Å². The summed E-state index contributed by atoms with van der Waals surface area (Å²) in [7, 11) is 4.91. The van der Waals surface area contributed by atoms with Crippen LogP contribution in [0.1, 0.15) is 11.3 Å². The topological polar surface area (TPSA) is 53.5 Å². The molecule has 0 radical (unpaired) electrons. The second kappa shape index (κ2) is 6.84. The van der Waals surface area contributed by atoms with Crippen molar-refractivity contribution in [1.82, 2.24) is 9.97 Å². The summed E-state index contributed by atoms with van der Waals surface area (Å²) in [6.45, 7) is 2.50. The summed E-state index contributed by atoms with van der Waals surface area (Å²) in [5.74, 6) is 1.39. The molecular formula is C19H20N2O3. The minimum atomic E-state index is 0.447. The number of methoxy groups -OCH3 is 3. The van der Waals surface area contributed by atoms with Gasteiger partial charge in [-0.25, -0.2) is 4.98 Å². The van der Waals surface area contributed by atoms with Crippen molar-refractivity contribution in [3.8, 4) is 22.6 Å². The molecular weight excluding hydrogens is 304 g/mol. The number of ether oxygens (including phenoxy) is 3. The van der Waals surface area contributed by atoms with Crippen LogP contribution in [-0.2, 0) is 11.3 Å². The van der Waals surface area contributed by atoms with Crippen LogP contribution in [0.25, 0.3) is 22.2 Å². The number of fused-ring (bicyclic) bond motifs is 1. The van der Waals surface area contributed by atoms with Crippen LogP contribution in [-0.4, -0.2) is 31.3 Å². The fraction of sp³-hybridized carbons (Fsp3) is 0.263. The lowest BCUT2D eigenvalue weighted by Crippen LogP contribution is -1.97. The molecule has 0 amide bonds. The van der Waals surface area contributed by atoms with Crippen LogP contribution in [0, 0.1) is 6.92 Å². The van der Waals surface area contributed by atoms with E-state index in [9.17, 15) is 0 Å². The summed E-state index contributed by atoms with van der Waals surface area (Å²) in [6.07, 6.45) is 1.76. The first kappa shape index (κ1) is 16.2. The Bertz CT molecular complexity index is 878. The van der Waals surface area contributed by atoms with E-state index >= 15 is 0 Å². The Balaban J connectivity index is 2.18. The molecule has 0 atom stereocenters. The molecule has 3 rings (SSSR count). The molecule has 0 N–H and O–H groups in total. The molecule has 5 nitrogen and oxygen atoms in total. The first-order chi connectivity index (χ1) is 11.7. The number of aryl methyl sites for hydroxylation is 1. The third kappa shape index (κ3) is 3.03. The molecule has 0 spiro atoms. The number of hydrogen-bond acceptors (Lipinski definition) is 5. The fourth-order valence-corrected chi connectivity index (χ4v) is 2.74. The molecule has 0 aliphatic rings. The van der Waals surface area contributed by atoms with Gasteiger partial charge in [0.25, 0.3) is 0 Å². The summed E-state index contributed by atoms with van der Waals surface area (Å²) in [5.41, 5.74) is 5.67. The number of aromatic nitrogens is 2. The lowest BCUT2D eigenvalue weighted by atomic mass is 10.0. The maximum Gasteiger partial charge on any atom is 0.161 e. The van der Waals surface area contributed by atoms with E-state index in [0.29, 0.717) is 18.1 Å². The van der Waals surface area contributed by atoms with Crippen molar-refractivity contribution in [1.29, 1.82) is 0 Å². The molecule has 0 aliphatic carbocycles. The SMILES string of the molecule is COCc1cnc2c(-c3ccc(OC)c(OC)c3)cc(C)cc2n1. The van der Waals surface area contributed by atoms with Gasteiger partial charge in [0.2, 0.25) is 0 Å². The van der Waals surface area contributed by atoms with Gasteiger partial charge < -0.3 is 14.2 Å². The van der Waals surface area contributed by atoms with Crippen LogP contribution >= 0.6 is 0 Å². The monoisotopic (exact) mass is 324 g/mol. The van der Waals surface area contributed by atoms with Crippen molar-refractivity contribution >= 4 is 11.0 Å². The molecule has 0 saturated heterocycles. The molecule has 24 heavy (non-hydrogen) atoms. The average Bonchev–Trinajstić information content (AvgIpc) is 2.60. The minimum absolute atomic E-state index is 0.447. The first-order valence-electron chi connectivity index (χ1n) is 7.64. The zero-order valence-corrected chi connectivity index (χ0v) is 14.3. The summed E-state index contributed by atoms with van der Waals surface area (Å²) in [6, 6.07) is 9.99. The van der Waals surface area contributed by atoms with Crippen molar-refractivity contribution in [3.63, 3.8) is 0 Å². The highest BCUT2D eigenvalue weighted by molar-refractivity contribution is 5.92. The molecule has 124 valence electrons. The van der Waals surface area contributed by atoms with Crippen molar-refractivity contribution in [2.24, 2.45) is 0 Å². The Labute approximate surface area is 141 Å². The number of nitrogens with zero attached hydrogens (tertiary/aromatic N) is 2. The molecule has 0 saturated carbocycles. The van der Waals surface area contributed by atoms with Gasteiger partial charge in [0.05, 0.1) is 43.8 Å². The highest BCUT2D eigenvalue weighted by atomic mass is 16.5. The lowest BCUT2D eigenvalue weighted by molar-refractivity contribution is 0.181. The van der Waals surface area contributed by atoms with E-state index in [0.717, 1.165) is 33.4 Å². The molecule has 0 unspecified atom stereocenters. The molecule has 0 bridgehead atoms. The van der Waals surface area contributed by atoms with Gasteiger partial charge in [-0.15, -0.1) is 0 Å². The third-order valence-electron chi connectivity index (χ3n) is 3.83. The van der Waals surface area contributed by atoms with E-state index in [2.05, 4.69) is 16.0 Å². The molecule has 1 heterocycles. The van der Waals surface area contributed by atoms with E-state index < -0.39 is 0 Å². The van der Waals surface area contributed by atoms with E-state index in [1.807, 2.05) is 31.2 Å². The van der Waals surface area contributed by atoms with Crippen molar-refractivity contribution in [2.45, 2.75) is 13.5 Å². The minimum Gasteiger partial charge on any atom is -0.493 e. The Morgan fingerprint density at radius 2 is 1.75 bits per heavy atom. The highest BCUT2D eigenvalue weighted by Crippen LogP contribution is 2.35. The predicted octanol–water partition coefficient (Wildman–Crippen LogP) is 3.77. The van der Waals surface area contributed by atoms with Crippen molar-refractivity contribution in [3.05, 3.63) is 47.8 Å². The average molecular weight is 324 g/mol. The number of benzene rings is 2. The van der Waals surface area contributed by atoms with E-state index in [4.69, 9.17) is 14.2 Å². The Kier molecular flexibility index (Phi) is 4.62. The summed E-state index contributed by atoms with van der Waals surface area (Å²) >= 11 is 0. The Hall–Kier alpha value is -2.66. The van der Waals surface area contributed by atoms with Crippen LogP contribution in [0.15, 0.2) is 36.5 Å². The zero-order chi connectivity index (χ0) is 17.1. The van der Waals surface area contributed by atoms with E-state index in [1.54, 1.807) is 27.5 Å². The largest absolute Gasteiger partial charge is 0.493 e. The third-order valence-corrected chi connectivity index (χ3v) is 3.83. The second-order valence-electron chi connectivity index (χ2n) is 5.54. The standard InChI is InChI=1S/C19H20N2O3/c1-12-7-15(13-5-6-17(23-3)18(9-13)24-4)19-16(8-12)21-14(10-20-19)11-22-2/h5-10H,11H2,1-4H3. The smallest absolute Gasteiger partial charge is 0.161 e. The van der Waals surface area contributed by atoms with Gasteiger partial charge in [0, 0.05) is 12.7 Å². The lowest BCUT2D eigenvalue weighted by Gasteiger charge is -2.12. The second-order valence-corrected chi connectivity index (χ2v) is 5.54. The summed E-state index contributed by atoms with van der Waals surface area (Å²) in [5, 5.41) is 0. The van der Waals surface area contributed by atoms with Gasteiger partial charge in [-0.05, 0) is 42.3 Å². The van der Waals surface area contributed by atoms with Gasteiger partial charge in [0.1, 0.15) is 0 Å². The summed E-state index contributed by atoms with van der Waals surface area (Å²) < 4.78 is 15.9. The van der Waals surface area contributed by atoms with Gasteiger partial charge in [-0.3, -0.25) is 4.98 Å². The van der Waals surface area contributed by atoms with Crippen molar-refractivity contribution < 1.29 is 14.2 Å². The molecule has 2 aromatic carbocycles. The molecule has 3 aromatic rings. The van der Waals surface area contributed by atoms with Gasteiger partial charge >= 0.3 is 0 Å². The van der Waals surface area contributed by atoms with Gasteiger partial charge in [-0.1, -0.05) is 6.07 Å². The Morgan fingerprint density at radius 1 is 0.958 bits per heavy atom. The molecule has 0 aliphatic heterocycles. The van der Waals surface area contributed by atoms with Crippen LogP contribution in [0.2, 0.25) is 0 Å². The maximum atomic E-state index is 5.41. The number of hydrogen-bond donors (Lipinski definition) is 0. The fourth-order valence-electron chi connectivity index (χ4n) is 2.74. The Morgan fingerprint density at radius 3 is 2.46 bits per heavy atom. The van der Waals surface area contributed by atoms with Crippen LogP contribution in [0.4, 0.5) is 0 Å². The molecule has 1 aromatic heterocycles. The molecule has 0 fully saturated rings. The van der Waals surface area contributed by atoms with Crippen LogP contribution in [0.3, 0.4) is 0 Å². The maximum absolute atomic E-state index is 5.41. The van der Waals surface area contributed by atoms with E-state index in [1.165, 1.54) is 0 Å². The number of rotatable bonds is 5. The predicted molar refractivity (Wildman–Crippen MR) is 93.5 cm³/mol. The first-order valence-corrected chi connectivity index (χ1v) is 7.64.